The summed E-state index contributed by atoms with van der Waals surface area (Å²) in [6.45, 7) is 6.97. The minimum absolute atomic E-state index is 0.0385. The van der Waals surface area contributed by atoms with Gasteiger partial charge in [-0.3, -0.25) is 15.0 Å². The van der Waals surface area contributed by atoms with E-state index in [1.807, 2.05) is 39.2 Å². The summed E-state index contributed by atoms with van der Waals surface area (Å²) in [4.78, 5) is 29.6. The predicted octanol–water partition coefficient (Wildman–Crippen LogP) is 1.64. The zero-order valence-electron chi connectivity index (χ0n) is 20.0. The molecule has 178 valence electrons. The number of methoxy groups -OCH3 is 1. The van der Waals surface area contributed by atoms with Gasteiger partial charge in [0.2, 0.25) is 5.91 Å². The molecule has 3 amide bonds. The van der Waals surface area contributed by atoms with Crippen molar-refractivity contribution in [3.63, 3.8) is 0 Å². The van der Waals surface area contributed by atoms with Gasteiger partial charge in [-0.25, -0.2) is 4.79 Å². The summed E-state index contributed by atoms with van der Waals surface area (Å²) >= 11 is 0. The van der Waals surface area contributed by atoms with Crippen molar-refractivity contribution in [3.8, 4) is 5.75 Å². The summed E-state index contributed by atoms with van der Waals surface area (Å²) in [7, 11) is 5.71. The fourth-order valence-electron chi connectivity index (χ4n) is 5.53. The van der Waals surface area contributed by atoms with Crippen LogP contribution in [0.15, 0.2) is 18.2 Å². The molecule has 0 bridgehead atoms. The summed E-state index contributed by atoms with van der Waals surface area (Å²) in [5, 5.41) is 17.7. The fourth-order valence-corrected chi connectivity index (χ4v) is 5.53. The maximum Gasteiger partial charge on any atom is 0.321 e. The Balaban J connectivity index is 2.13. The van der Waals surface area contributed by atoms with Crippen molar-refractivity contribution in [2.45, 2.75) is 56.6 Å². The first-order valence-electron chi connectivity index (χ1n) is 11.5. The van der Waals surface area contributed by atoms with Crippen LogP contribution in [0.3, 0.4) is 0 Å². The number of hydrogen-bond acceptors (Lipinski definition) is 6. The topological polar surface area (TPSA) is 94.1 Å². The van der Waals surface area contributed by atoms with E-state index in [0.717, 1.165) is 30.8 Å². The number of aryl methyl sites for hydroxylation is 1. The van der Waals surface area contributed by atoms with Gasteiger partial charge in [-0.2, -0.15) is 0 Å². The van der Waals surface area contributed by atoms with Gasteiger partial charge in [-0.1, -0.05) is 6.07 Å². The average molecular weight is 447 g/mol. The Labute approximate surface area is 191 Å². The SMILES string of the molecule is COc1ccc(C)c([C@]23CCN(CCN(C)C)[C@H](C)[C@]2(O)CCCNC(=O)NC(=O)C3)c1. The maximum atomic E-state index is 13.0. The number of carbonyl (C=O) groups is 2. The van der Waals surface area contributed by atoms with E-state index in [1.54, 1.807) is 7.11 Å². The number of hydrogen-bond donors (Lipinski definition) is 3. The number of likely N-dealkylation sites (tertiary alicyclic amines) is 1. The van der Waals surface area contributed by atoms with Crippen molar-refractivity contribution in [2.24, 2.45) is 0 Å². The number of carbonyl (C=O) groups excluding carboxylic acids is 2. The fraction of sp³-hybridized carbons (Fsp3) is 0.667. The number of fused-ring (bicyclic) bond motifs is 1. The Kier molecular flexibility index (Phi) is 7.47. The maximum absolute atomic E-state index is 13.0. The second kappa shape index (κ2) is 9.77. The number of imide groups is 1. The van der Waals surface area contributed by atoms with Crippen molar-refractivity contribution < 1.29 is 19.4 Å². The third-order valence-corrected chi connectivity index (χ3v) is 7.42. The molecule has 8 heteroatoms. The van der Waals surface area contributed by atoms with Gasteiger partial charge >= 0.3 is 6.03 Å². The predicted molar refractivity (Wildman–Crippen MR) is 124 cm³/mol. The molecular weight excluding hydrogens is 408 g/mol. The highest BCUT2D eigenvalue weighted by Crippen LogP contribution is 2.51. The van der Waals surface area contributed by atoms with Gasteiger partial charge in [0.15, 0.2) is 0 Å². The molecule has 0 radical (unpaired) electrons. The lowest BCUT2D eigenvalue weighted by molar-refractivity contribution is -0.151. The minimum atomic E-state index is -1.16. The Morgan fingerprint density at radius 3 is 2.72 bits per heavy atom. The van der Waals surface area contributed by atoms with Crippen LogP contribution in [0.5, 0.6) is 5.75 Å². The molecule has 0 spiro atoms. The average Bonchev–Trinajstić information content (AvgIpc) is 2.74. The van der Waals surface area contributed by atoms with E-state index < -0.39 is 17.0 Å². The summed E-state index contributed by atoms with van der Waals surface area (Å²) in [5.41, 5.74) is -0.0581. The van der Waals surface area contributed by atoms with E-state index in [1.165, 1.54) is 0 Å². The van der Waals surface area contributed by atoms with Crippen LogP contribution in [-0.2, 0) is 10.2 Å². The van der Waals surface area contributed by atoms with Gasteiger partial charge in [0.25, 0.3) is 0 Å². The molecule has 8 nitrogen and oxygen atoms in total. The van der Waals surface area contributed by atoms with E-state index in [4.69, 9.17) is 4.74 Å². The molecule has 3 rings (SSSR count). The number of amides is 3. The highest BCUT2D eigenvalue weighted by atomic mass is 16.5. The Morgan fingerprint density at radius 2 is 2.03 bits per heavy atom. The van der Waals surface area contributed by atoms with E-state index >= 15 is 0 Å². The lowest BCUT2D eigenvalue weighted by atomic mass is 9.56. The lowest BCUT2D eigenvalue weighted by Gasteiger charge is -2.58. The van der Waals surface area contributed by atoms with Crippen LogP contribution in [0.25, 0.3) is 0 Å². The van der Waals surface area contributed by atoms with Crippen molar-refractivity contribution in [1.82, 2.24) is 20.4 Å². The molecular formula is C24H38N4O4. The number of benzene rings is 1. The number of likely N-dealkylation sites (N-methyl/N-ethyl adjacent to an activating group) is 1. The van der Waals surface area contributed by atoms with E-state index in [0.29, 0.717) is 31.6 Å². The zero-order valence-corrected chi connectivity index (χ0v) is 20.0. The van der Waals surface area contributed by atoms with Gasteiger partial charge in [0.05, 0.1) is 12.7 Å². The number of piperidine rings is 1. The number of ether oxygens (including phenoxy) is 1. The van der Waals surface area contributed by atoms with Crippen molar-refractivity contribution in [2.75, 3.05) is 47.4 Å². The van der Waals surface area contributed by atoms with Crippen molar-refractivity contribution in [3.05, 3.63) is 29.3 Å². The normalized spacial score (nSPS) is 29.8. The summed E-state index contributed by atoms with van der Waals surface area (Å²) < 4.78 is 5.51. The summed E-state index contributed by atoms with van der Waals surface area (Å²) in [6, 6.07) is 5.20. The first-order valence-corrected chi connectivity index (χ1v) is 11.5. The highest BCUT2D eigenvalue weighted by Gasteiger charge is 2.59. The first kappa shape index (κ1) is 24.5. The molecule has 1 aromatic rings. The second-order valence-electron chi connectivity index (χ2n) is 9.54. The molecule has 2 aliphatic rings. The highest BCUT2D eigenvalue weighted by molar-refractivity contribution is 5.95. The molecule has 2 heterocycles. The van der Waals surface area contributed by atoms with Crippen LogP contribution < -0.4 is 15.4 Å². The second-order valence-corrected chi connectivity index (χ2v) is 9.54. The number of nitrogens with one attached hydrogen (secondary N) is 2. The number of nitrogens with zero attached hydrogens (tertiary/aromatic N) is 2. The molecule has 0 unspecified atom stereocenters. The van der Waals surface area contributed by atoms with Crippen molar-refractivity contribution in [1.29, 1.82) is 0 Å². The quantitative estimate of drug-likeness (QED) is 0.637. The monoisotopic (exact) mass is 446 g/mol. The van der Waals surface area contributed by atoms with Crippen LogP contribution in [0, 0.1) is 6.92 Å². The van der Waals surface area contributed by atoms with Gasteiger partial charge in [-0.15, -0.1) is 0 Å². The summed E-state index contributed by atoms with van der Waals surface area (Å²) in [5.74, 6) is 0.319. The van der Waals surface area contributed by atoms with Gasteiger partial charge in [0, 0.05) is 37.5 Å². The smallest absolute Gasteiger partial charge is 0.321 e. The van der Waals surface area contributed by atoms with Gasteiger partial charge in [0.1, 0.15) is 5.75 Å². The molecule has 1 aromatic carbocycles. The first-order chi connectivity index (χ1) is 15.1. The van der Waals surface area contributed by atoms with Crippen LogP contribution >= 0.6 is 0 Å². The third kappa shape index (κ3) is 4.63. The number of aliphatic hydroxyl groups is 1. The molecule has 0 saturated carbocycles. The van der Waals surface area contributed by atoms with Crippen LogP contribution in [0.2, 0.25) is 0 Å². The van der Waals surface area contributed by atoms with Gasteiger partial charge < -0.3 is 20.1 Å². The largest absolute Gasteiger partial charge is 0.497 e. The van der Waals surface area contributed by atoms with E-state index in [2.05, 4.69) is 27.4 Å². The standard InChI is InChI=1S/C24H38N4O4/c1-17-7-8-19(32-5)15-20(17)23-10-12-28(14-13-27(3)4)18(2)24(23,31)9-6-11-25-22(30)26-21(29)16-23/h7-8,15,18,31H,6,9-14,16H2,1-5H3,(H2,25,26,29,30)/t18-,23-,24-/m1/s1. The Hall–Kier alpha value is -2.16. The van der Waals surface area contributed by atoms with Crippen molar-refractivity contribution >= 4 is 11.9 Å². The molecule has 0 aliphatic carbocycles. The molecule has 32 heavy (non-hydrogen) atoms. The molecule has 2 fully saturated rings. The summed E-state index contributed by atoms with van der Waals surface area (Å²) in [6.07, 6.45) is 1.76. The minimum Gasteiger partial charge on any atom is -0.497 e. The molecule has 2 saturated heterocycles. The Bertz CT molecular complexity index is 845. The van der Waals surface area contributed by atoms with E-state index in [9.17, 15) is 14.7 Å². The third-order valence-electron chi connectivity index (χ3n) is 7.42. The molecule has 0 aromatic heterocycles. The molecule has 3 N–H and O–H groups in total. The number of urea groups is 1. The zero-order chi connectivity index (χ0) is 23.5. The van der Waals surface area contributed by atoms with Crippen LogP contribution in [0.1, 0.15) is 43.7 Å². The lowest BCUT2D eigenvalue weighted by Crippen LogP contribution is -2.69. The Morgan fingerprint density at radius 1 is 1.28 bits per heavy atom. The molecule has 2 aliphatic heterocycles. The number of rotatable bonds is 5. The molecule has 3 atom stereocenters. The van der Waals surface area contributed by atoms with Crippen LogP contribution in [0.4, 0.5) is 4.79 Å². The van der Waals surface area contributed by atoms with E-state index in [-0.39, 0.29) is 18.4 Å². The van der Waals surface area contributed by atoms with Gasteiger partial charge in [-0.05, 0) is 77.0 Å². The van der Waals surface area contributed by atoms with Crippen LogP contribution in [-0.4, -0.2) is 85.9 Å².